The second kappa shape index (κ2) is 8.81. The molecule has 1 unspecified atom stereocenters. The fourth-order valence-corrected chi connectivity index (χ4v) is 4.95. The first-order valence-corrected chi connectivity index (χ1v) is 10.00. The van der Waals surface area contributed by atoms with E-state index in [1.165, 1.54) is 11.8 Å². The van der Waals surface area contributed by atoms with Gasteiger partial charge in [-0.25, -0.2) is 4.98 Å². The van der Waals surface area contributed by atoms with E-state index in [9.17, 15) is 4.79 Å². The molecule has 0 spiro atoms. The first kappa shape index (κ1) is 19.1. The molecule has 2 aromatic heterocycles. The van der Waals surface area contributed by atoms with Crippen molar-refractivity contribution in [1.29, 1.82) is 0 Å². The van der Waals surface area contributed by atoms with E-state index in [0.29, 0.717) is 5.75 Å². The number of rotatable bonds is 4. The molecule has 1 N–H and O–H groups in total. The van der Waals surface area contributed by atoms with Crippen LogP contribution in [0.15, 0.2) is 53.1 Å². The Kier molecular flexibility index (Phi) is 6.48. The smallest absolute Gasteiger partial charge is 0.233 e. The summed E-state index contributed by atoms with van der Waals surface area (Å²) in [6, 6.07) is 12.1. The SMILES string of the molecule is Cl.O=C(CSc1nc2ccccc2s1)N1CCNCC1c1cccnc1. The fourth-order valence-electron chi connectivity index (χ4n) is 2.99. The molecule has 26 heavy (non-hydrogen) atoms. The number of hydrogen-bond acceptors (Lipinski definition) is 6. The number of amides is 1. The van der Waals surface area contributed by atoms with Gasteiger partial charge in [0.25, 0.3) is 0 Å². The molecule has 1 aromatic carbocycles. The largest absolute Gasteiger partial charge is 0.332 e. The Morgan fingerprint density at radius 3 is 3.00 bits per heavy atom. The number of piperazine rings is 1. The Balaban J connectivity index is 0.00000196. The Labute approximate surface area is 166 Å². The Hall–Kier alpha value is -1.67. The summed E-state index contributed by atoms with van der Waals surface area (Å²) in [5.41, 5.74) is 2.07. The third kappa shape index (κ3) is 4.17. The van der Waals surface area contributed by atoms with Crippen molar-refractivity contribution >= 4 is 51.6 Å². The minimum Gasteiger partial charge on any atom is -0.332 e. The summed E-state index contributed by atoms with van der Waals surface area (Å²) < 4.78 is 2.11. The van der Waals surface area contributed by atoms with Gasteiger partial charge in [0.05, 0.1) is 22.0 Å². The molecule has 4 rings (SSSR count). The molecule has 1 aliphatic rings. The Morgan fingerprint density at radius 2 is 2.19 bits per heavy atom. The second-order valence-corrected chi connectivity index (χ2v) is 8.08. The molecule has 5 nitrogen and oxygen atoms in total. The van der Waals surface area contributed by atoms with Gasteiger partial charge < -0.3 is 10.2 Å². The maximum atomic E-state index is 12.8. The lowest BCUT2D eigenvalue weighted by Gasteiger charge is -2.36. The Bertz CT molecular complexity index is 841. The summed E-state index contributed by atoms with van der Waals surface area (Å²) in [6.45, 7) is 2.32. The van der Waals surface area contributed by atoms with Crippen LogP contribution in [0.1, 0.15) is 11.6 Å². The van der Waals surface area contributed by atoms with Gasteiger partial charge in [0.2, 0.25) is 5.91 Å². The second-order valence-electron chi connectivity index (χ2n) is 5.83. The molecule has 136 valence electrons. The molecule has 0 bridgehead atoms. The molecule has 0 saturated carbocycles. The average molecular weight is 407 g/mol. The highest BCUT2D eigenvalue weighted by molar-refractivity contribution is 8.01. The van der Waals surface area contributed by atoms with Gasteiger partial charge in [0.1, 0.15) is 0 Å². The predicted molar refractivity (Wildman–Crippen MR) is 109 cm³/mol. The standard InChI is InChI=1S/C18H18N4OS2.ClH/c23-17(12-24-18-21-14-5-1-2-6-16(14)25-18)22-9-8-20-11-15(22)13-4-3-7-19-10-13;/h1-7,10,15,20H,8-9,11-12H2;1H. The van der Waals surface area contributed by atoms with Crippen molar-refractivity contribution in [2.45, 2.75) is 10.4 Å². The van der Waals surface area contributed by atoms with Crippen LogP contribution in [-0.2, 0) is 4.79 Å². The number of benzene rings is 1. The molecule has 8 heteroatoms. The molecular weight excluding hydrogens is 388 g/mol. The number of aromatic nitrogens is 2. The van der Waals surface area contributed by atoms with Crippen molar-refractivity contribution in [3.8, 4) is 0 Å². The molecule has 1 atom stereocenters. The third-order valence-corrected chi connectivity index (χ3v) is 6.39. The van der Waals surface area contributed by atoms with Crippen LogP contribution in [0.3, 0.4) is 0 Å². The molecule has 3 heterocycles. The molecule has 3 aromatic rings. The van der Waals surface area contributed by atoms with Gasteiger partial charge >= 0.3 is 0 Å². The van der Waals surface area contributed by atoms with E-state index in [-0.39, 0.29) is 24.4 Å². The van der Waals surface area contributed by atoms with E-state index >= 15 is 0 Å². The van der Waals surface area contributed by atoms with E-state index in [0.717, 1.165) is 39.8 Å². The van der Waals surface area contributed by atoms with Crippen LogP contribution in [0.2, 0.25) is 0 Å². The van der Waals surface area contributed by atoms with Gasteiger partial charge in [-0.3, -0.25) is 9.78 Å². The number of nitrogens with zero attached hydrogens (tertiary/aromatic N) is 3. The number of halogens is 1. The zero-order valence-corrected chi connectivity index (χ0v) is 16.4. The van der Waals surface area contributed by atoms with E-state index in [4.69, 9.17) is 0 Å². The molecular formula is C18H19ClN4OS2. The number of carbonyl (C=O) groups excluding carboxylic acids is 1. The van der Waals surface area contributed by atoms with Gasteiger partial charge in [-0.2, -0.15) is 0 Å². The van der Waals surface area contributed by atoms with Crippen LogP contribution in [0.4, 0.5) is 0 Å². The highest BCUT2D eigenvalue weighted by Gasteiger charge is 2.28. The quantitative estimate of drug-likeness (QED) is 0.673. The number of fused-ring (bicyclic) bond motifs is 1. The van der Waals surface area contributed by atoms with Gasteiger partial charge in [-0.1, -0.05) is 30.0 Å². The summed E-state index contributed by atoms with van der Waals surface area (Å²) in [7, 11) is 0. The van der Waals surface area contributed by atoms with Gasteiger partial charge in [-0.05, 0) is 23.8 Å². The first-order valence-electron chi connectivity index (χ1n) is 8.20. The number of nitrogens with one attached hydrogen (secondary N) is 1. The fraction of sp³-hybridized carbons (Fsp3) is 0.278. The zero-order valence-electron chi connectivity index (χ0n) is 14.0. The van der Waals surface area contributed by atoms with Crippen molar-refractivity contribution in [3.05, 3.63) is 54.4 Å². The normalized spacial score (nSPS) is 17.1. The monoisotopic (exact) mass is 406 g/mol. The van der Waals surface area contributed by atoms with Crippen molar-refractivity contribution in [2.75, 3.05) is 25.4 Å². The average Bonchev–Trinajstić information content (AvgIpc) is 3.10. The van der Waals surface area contributed by atoms with E-state index in [2.05, 4.69) is 21.4 Å². The van der Waals surface area contributed by atoms with Crippen LogP contribution in [0, 0.1) is 0 Å². The number of pyridine rings is 1. The molecule has 0 aliphatic carbocycles. The number of hydrogen-bond donors (Lipinski definition) is 1. The molecule has 1 aliphatic heterocycles. The summed E-state index contributed by atoms with van der Waals surface area (Å²) in [4.78, 5) is 23.6. The summed E-state index contributed by atoms with van der Waals surface area (Å²) >= 11 is 3.17. The summed E-state index contributed by atoms with van der Waals surface area (Å²) in [5.74, 6) is 0.566. The Morgan fingerprint density at radius 1 is 1.31 bits per heavy atom. The van der Waals surface area contributed by atoms with E-state index < -0.39 is 0 Å². The zero-order chi connectivity index (χ0) is 17.1. The highest BCUT2D eigenvalue weighted by atomic mass is 35.5. The van der Waals surface area contributed by atoms with Gasteiger partial charge in [-0.15, -0.1) is 23.7 Å². The van der Waals surface area contributed by atoms with Crippen molar-refractivity contribution in [2.24, 2.45) is 0 Å². The van der Waals surface area contributed by atoms with Crippen molar-refractivity contribution < 1.29 is 4.79 Å². The van der Waals surface area contributed by atoms with Crippen LogP contribution in [-0.4, -0.2) is 46.2 Å². The highest BCUT2D eigenvalue weighted by Crippen LogP contribution is 2.30. The lowest BCUT2D eigenvalue weighted by Crippen LogP contribution is -2.49. The third-order valence-electron chi connectivity index (χ3n) is 4.23. The van der Waals surface area contributed by atoms with Crippen LogP contribution < -0.4 is 5.32 Å². The topological polar surface area (TPSA) is 58.1 Å². The maximum absolute atomic E-state index is 12.8. The predicted octanol–water partition coefficient (Wildman–Crippen LogP) is 3.38. The lowest BCUT2D eigenvalue weighted by molar-refractivity contribution is -0.131. The van der Waals surface area contributed by atoms with Gasteiger partial charge in [0, 0.05) is 32.0 Å². The van der Waals surface area contributed by atoms with Crippen LogP contribution >= 0.6 is 35.5 Å². The lowest BCUT2D eigenvalue weighted by atomic mass is 10.1. The molecule has 1 fully saturated rings. The molecule has 0 radical (unpaired) electrons. The van der Waals surface area contributed by atoms with Crippen molar-refractivity contribution in [3.63, 3.8) is 0 Å². The number of carbonyl (C=O) groups is 1. The van der Waals surface area contributed by atoms with Crippen molar-refractivity contribution in [1.82, 2.24) is 20.2 Å². The van der Waals surface area contributed by atoms with E-state index in [1.54, 1.807) is 17.5 Å². The van der Waals surface area contributed by atoms with Gasteiger partial charge in [0.15, 0.2) is 4.34 Å². The number of para-hydroxylation sites is 1. The van der Waals surface area contributed by atoms with Crippen LogP contribution in [0.5, 0.6) is 0 Å². The number of thiazole rings is 1. The summed E-state index contributed by atoms with van der Waals surface area (Å²) in [5, 5.41) is 3.37. The first-order chi connectivity index (χ1) is 12.3. The number of thioether (sulfide) groups is 1. The van der Waals surface area contributed by atoms with Crippen LogP contribution in [0.25, 0.3) is 10.2 Å². The molecule has 1 saturated heterocycles. The minimum atomic E-state index is 0. The minimum absolute atomic E-state index is 0. The van der Waals surface area contributed by atoms with E-state index in [1.807, 2.05) is 41.4 Å². The molecule has 1 amide bonds. The summed E-state index contributed by atoms with van der Waals surface area (Å²) in [6.07, 6.45) is 3.60. The maximum Gasteiger partial charge on any atom is 0.233 e.